The minimum absolute atomic E-state index is 0.0238. The van der Waals surface area contributed by atoms with Crippen LogP contribution in [0.2, 0.25) is 0 Å². The largest absolute Gasteiger partial charge is 0.508 e. The lowest BCUT2D eigenvalue weighted by Gasteiger charge is -2.54. The Morgan fingerprint density at radius 2 is 1.74 bits per heavy atom. The molecule has 6 atom stereocenters. The molecule has 1 saturated carbocycles. The van der Waals surface area contributed by atoms with E-state index in [0.29, 0.717) is 0 Å². The Balaban J connectivity index is 2.09. The standard InChI is InChI=1S/C20H20N2O9/c1-19(30)5-3-2-4-6(23)7(5)13(24)8-10(19)15(26)11-12(21)14(25)9(18(22)29)17(28)20(11,31)16(8)27/h2-4,10-12,15,23-24,26,28,30-31H,21H2,1H3,(H2,22,29)/t10-,11-,12-,15+,19-,20+/m1/s1. The van der Waals surface area contributed by atoms with Crippen LogP contribution in [0.5, 0.6) is 5.75 Å². The summed E-state index contributed by atoms with van der Waals surface area (Å²) in [6.45, 7) is 1.21. The van der Waals surface area contributed by atoms with Gasteiger partial charge in [-0.2, -0.15) is 0 Å². The normalized spacial score (nSPS) is 37.3. The molecule has 1 aromatic rings. The van der Waals surface area contributed by atoms with Crippen molar-refractivity contribution in [1.29, 1.82) is 0 Å². The van der Waals surface area contributed by atoms with Gasteiger partial charge in [0.15, 0.2) is 11.4 Å². The second-order valence-electron chi connectivity index (χ2n) is 8.18. The van der Waals surface area contributed by atoms with Crippen LogP contribution in [0.1, 0.15) is 18.1 Å². The Labute approximate surface area is 174 Å². The maximum atomic E-state index is 13.4. The second kappa shape index (κ2) is 6.14. The summed E-state index contributed by atoms with van der Waals surface area (Å²) in [6.07, 6.45) is -1.94. The fourth-order valence-corrected chi connectivity index (χ4v) is 5.12. The van der Waals surface area contributed by atoms with E-state index in [9.17, 15) is 45.0 Å². The molecule has 0 aromatic heterocycles. The molecule has 3 aliphatic rings. The van der Waals surface area contributed by atoms with Crippen molar-refractivity contribution in [1.82, 2.24) is 0 Å². The number of hydrogen-bond donors (Lipinski definition) is 8. The van der Waals surface area contributed by atoms with Gasteiger partial charge in [-0.1, -0.05) is 12.1 Å². The van der Waals surface area contributed by atoms with Gasteiger partial charge in [0.2, 0.25) is 5.78 Å². The van der Waals surface area contributed by atoms with E-state index in [1.807, 2.05) is 0 Å². The number of phenols is 1. The van der Waals surface area contributed by atoms with Crippen LogP contribution in [-0.4, -0.2) is 65.9 Å². The van der Waals surface area contributed by atoms with Gasteiger partial charge in [-0.05, 0) is 18.6 Å². The minimum atomic E-state index is -3.09. The van der Waals surface area contributed by atoms with Crippen molar-refractivity contribution in [2.24, 2.45) is 23.3 Å². The van der Waals surface area contributed by atoms with E-state index in [-0.39, 0.29) is 11.1 Å². The highest BCUT2D eigenvalue weighted by atomic mass is 16.4. The number of amides is 1. The third kappa shape index (κ3) is 2.28. The first-order chi connectivity index (χ1) is 14.3. The first kappa shape index (κ1) is 21.0. The molecular weight excluding hydrogens is 412 g/mol. The Morgan fingerprint density at radius 1 is 1.13 bits per heavy atom. The summed E-state index contributed by atoms with van der Waals surface area (Å²) in [4.78, 5) is 37.6. The van der Waals surface area contributed by atoms with E-state index < -0.39 is 81.1 Å². The number of aliphatic hydroxyl groups is 5. The third-order valence-corrected chi connectivity index (χ3v) is 6.56. The van der Waals surface area contributed by atoms with Gasteiger partial charge < -0.3 is 42.1 Å². The van der Waals surface area contributed by atoms with Crippen LogP contribution in [0.25, 0.3) is 5.76 Å². The first-order valence-corrected chi connectivity index (χ1v) is 9.26. The molecule has 1 aromatic carbocycles. The molecule has 0 spiro atoms. The molecule has 0 heterocycles. The number of benzene rings is 1. The lowest BCUT2D eigenvalue weighted by Crippen LogP contribution is -2.71. The fraction of sp³-hybridized carbons (Fsp3) is 0.350. The molecule has 1 amide bonds. The van der Waals surface area contributed by atoms with Crippen LogP contribution in [-0.2, 0) is 20.0 Å². The number of phenolic OH excluding ortho intramolecular Hbond substituents is 1. The Morgan fingerprint density at radius 3 is 2.32 bits per heavy atom. The summed E-state index contributed by atoms with van der Waals surface area (Å²) in [5.41, 5.74) is 3.65. The SMILES string of the molecule is C[C@@]1(O)c2cccc(O)c2C(O)=C2C(=O)[C@]3(O)C(O)=C(C(N)=O)C(=O)[C@H](N)[C@@H]3[C@@H](O)[C@@H]21. The molecule has 11 heteroatoms. The van der Waals surface area contributed by atoms with Gasteiger partial charge in [0.1, 0.15) is 22.8 Å². The van der Waals surface area contributed by atoms with Crippen LogP contribution in [0, 0.1) is 11.8 Å². The average Bonchev–Trinajstić information content (AvgIpc) is 2.67. The molecule has 4 rings (SSSR count). The van der Waals surface area contributed by atoms with Gasteiger partial charge in [-0.15, -0.1) is 0 Å². The molecule has 11 nitrogen and oxygen atoms in total. The van der Waals surface area contributed by atoms with E-state index in [1.165, 1.54) is 25.1 Å². The van der Waals surface area contributed by atoms with Crippen LogP contribution in [0.15, 0.2) is 35.1 Å². The van der Waals surface area contributed by atoms with Crippen molar-refractivity contribution in [2.45, 2.75) is 30.3 Å². The van der Waals surface area contributed by atoms with Crippen LogP contribution in [0.4, 0.5) is 0 Å². The van der Waals surface area contributed by atoms with Crippen molar-refractivity contribution >= 4 is 23.2 Å². The number of aromatic hydroxyl groups is 1. The van der Waals surface area contributed by atoms with E-state index in [0.717, 1.165) is 0 Å². The number of rotatable bonds is 1. The number of fused-ring (bicyclic) bond motifs is 3. The highest BCUT2D eigenvalue weighted by Crippen LogP contribution is 2.56. The van der Waals surface area contributed by atoms with Crippen molar-refractivity contribution in [2.75, 3.05) is 0 Å². The predicted octanol–water partition coefficient (Wildman–Crippen LogP) is -2.00. The van der Waals surface area contributed by atoms with Gasteiger partial charge in [0, 0.05) is 0 Å². The summed E-state index contributed by atoms with van der Waals surface area (Å²) >= 11 is 0. The van der Waals surface area contributed by atoms with E-state index in [4.69, 9.17) is 11.5 Å². The molecular formula is C20H20N2O9. The van der Waals surface area contributed by atoms with Crippen molar-refractivity contribution in [3.8, 4) is 5.75 Å². The van der Waals surface area contributed by atoms with Gasteiger partial charge in [0.05, 0.1) is 40.7 Å². The maximum absolute atomic E-state index is 13.4. The lowest BCUT2D eigenvalue weighted by atomic mass is 9.53. The van der Waals surface area contributed by atoms with Crippen LogP contribution < -0.4 is 11.5 Å². The molecule has 31 heavy (non-hydrogen) atoms. The van der Waals surface area contributed by atoms with Gasteiger partial charge in [-0.3, -0.25) is 14.4 Å². The number of Topliss-reactive ketones (excluding diaryl/α,β-unsaturated/α-hetero) is 2. The van der Waals surface area contributed by atoms with Crippen molar-refractivity contribution in [3.63, 3.8) is 0 Å². The van der Waals surface area contributed by atoms with Crippen LogP contribution in [0.3, 0.4) is 0 Å². The molecule has 0 bridgehead atoms. The van der Waals surface area contributed by atoms with Crippen molar-refractivity contribution in [3.05, 3.63) is 46.2 Å². The summed E-state index contributed by atoms with van der Waals surface area (Å²) in [5.74, 6) is -10.3. The summed E-state index contributed by atoms with van der Waals surface area (Å²) in [5, 5.41) is 65.1. The number of carbonyl (C=O) groups is 3. The number of ketones is 2. The Bertz CT molecular complexity index is 1140. The smallest absolute Gasteiger partial charge is 0.255 e. The molecule has 0 saturated heterocycles. The Hall–Kier alpha value is -3.25. The molecule has 0 aliphatic heterocycles. The summed E-state index contributed by atoms with van der Waals surface area (Å²) < 4.78 is 0. The van der Waals surface area contributed by atoms with Crippen LogP contribution >= 0.6 is 0 Å². The number of hydrogen-bond acceptors (Lipinski definition) is 10. The zero-order valence-electron chi connectivity index (χ0n) is 16.1. The Kier molecular flexibility index (Phi) is 4.16. The van der Waals surface area contributed by atoms with Gasteiger partial charge >= 0.3 is 0 Å². The van der Waals surface area contributed by atoms with E-state index in [2.05, 4.69) is 0 Å². The topological polar surface area (TPSA) is 225 Å². The lowest BCUT2D eigenvalue weighted by molar-refractivity contribution is -0.175. The highest BCUT2D eigenvalue weighted by molar-refractivity contribution is 6.24. The zero-order valence-corrected chi connectivity index (χ0v) is 16.1. The zero-order chi connectivity index (χ0) is 23.2. The third-order valence-electron chi connectivity index (χ3n) is 6.56. The van der Waals surface area contributed by atoms with E-state index in [1.54, 1.807) is 0 Å². The second-order valence-corrected chi connectivity index (χ2v) is 8.18. The summed E-state index contributed by atoms with van der Waals surface area (Å²) in [7, 11) is 0. The summed E-state index contributed by atoms with van der Waals surface area (Å²) in [6, 6.07) is 2.07. The number of carbonyl (C=O) groups excluding carboxylic acids is 3. The van der Waals surface area contributed by atoms with E-state index >= 15 is 0 Å². The maximum Gasteiger partial charge on any atom is 0.255 e. The number of aliphatic hydroxyl groups excluding tert-OH is 3. The molecule has 3 aliphatic carbocycles. The highest BCUT2D eigenvalue weighted by Gasteiger charge is 2.69. The number of nitrogens with two attached hydrogens (primary N) is 2. The predicted molar refractivity (Wildman–Crippen MR) is 102 cm³/mol. The first-order valence-electron chi connectivity index (χ1n) is 9.26. The molecule has 0 radical (unpaired) electrons. The van der Waals surface area contributed by atoms with Gasteiger partial charge in [0.25, 0.3) is 5.91 Å². The van der Waals surface area contributed by atoms with Crippen molar-refractivity contribution < 1.29 is 45.0 Å². The molecule has 164 valence electrons. The number of primary amides is 1. The molecule has 10 N–H and O–H groups in total. The van der Waals surface area contributed by atoms with Gasteiger partial charge in [-0.25, -0.2) is 0 Å². The monoisotopic (exact) mass is 432 g/mol. The quantitative estimate of drug-likeness (QED) is 0.228. The molecule has 1 fully saturated rings. The fourth-order valence-electron chi connectivity index (χ4n) is 5.12. The minimum Gasteiger partial charge on any atom is -0.508 e. The molecule has 0 unspecified atom stereocenters. The average molecular weight is 432 g/mol.